The summed E-state index contributed by atoms with van der Waals surface area (Å²) >= 11 is 1.43. The molecule has 0 saturated carbocycles. The Hall–Kier alpha value is -3.07. The number of hydrogen-bond acceptors (Lipinski definition) is 6. The average molecular weight is 444 g/mol. The SMILES string of the molecule is CCOC(=O)C1CCCc2sc3nc(C)n(CC(=O)Nc4ccc(F)cc4)c(=O)c3c21. The van der Waals surface area contributed by atoms with Gasteiger partial charge >= 0.3 is 5.97 Å². The van der Waals surface area contributed by atoms with Crippen molar-refractivity contribution < 1.29 is 18.7 Å². The molecule has 1 unspecified atom stereocenters. The van der Waals surface area contributed by atoms with E-state index < -0.39 is 17.6 Å². The topological polar surface area (TPSA) is 90.3 Å². The molecule has 1 atom stereocenters. The number of nitrogens with one attached hydrogen (secondary N) is 1. The minimum Gasteiger partial charge on any atom is -0.466 e. The predicted octanol–water partition coefficient (Wildman–Crippen LogP) is 3.53. The van der Waals surface area contributed by atoms with Crippen molar-refractivity contribution in [2.24, 2.45) is 0 Å². The third-order valence-corrected chi connectivity index (χ3v) is 6.52. The van der Waals surface area contributed by atoms with E-state index in [1.54, 1.807) is 13.8 Å². The van der Waals surface area contributed by atoms with Gasteiger partial charge in [0.15, 0.2) is 0 Å². The molecule has 1 aliphatic carbocycles. The number of hydrogen-bond donors (Lipinski definition) is 1. The van der Waals surface area contributed by atoms with Crippen LogP contribution in [0.4, 0.5) is 10.1 Å². The molecule has 2 aromatic heterocycles. The number of nitrogens with zero attached hydrogens (tertiary/aromatic N) is 2. The number of halogens is 1. The summed E-state index contributed by atoms with van der Waals surface area (Å²) in [6, 6.07) is 5.38. The van der Waals surface area contributed by atoms with Gasteiger partial charge in [0.05, 0.1) is 17.9 Å². The fourth-order valence-electron chi connectivity index (χ4n) is 3.96. The Morgan fingerprint density at radius 1 is 1.32 bits per heavy atom. The van der Waals surface area contributed by atoms with Gasteiger partial charge in [-0.25, -0.2) is 9.37 Å². The van der Waals surface area contributed by atoms with Gasteiger partial charge in [-0.3, -0.25) is 19.0 Å². The number of amides is 1. The number of carbonyl (C=O) groups excluding carboxylic acids is 2. The number of aromatic nitrogens is 2. The molecular formula is C22H22FN3O4S. The highest BCUT2D eigenvalue weighted by molar-refractivity contribution is 7.18. The van der Waals surface area contributed by atoms with Crippen molar-refractivity contribution in [1.82, 2.24) is 9.55 Å². The first-order valence-corrected chi connectivity index (χ1v) is 11.0. The van der Waals surface area contributed by atoms with Crippen molar-refractivity contribution in [2.75, 3.05) is 11.9 Å². The van der Waals surface area contributed by atoms with Crippen molar-refractivity contribution in [3.05, 3.63) is 56.7 Å². The van der Waals surface area contributed by atoms with Crippen LogP contribution >= 0.6 is 11.3 Å². The second-order valence-corrected chi connectivity index (χ2v) is 8.50. The monoisotopic (exact) mass is 443 g/mol. The molecule has 3 aromatic rings. The van der Waals surface area contributed by atoms with E-state index in [2.05, 4.69) is 10.3 Å². The smallest absolute Gasteiger partial charge is 0.313 e. The van der Waals surface area contributed by atoms with Crippen LogP contribution in [0.25, 0.3) is 10.2 Å². The lowest BCUT2D eigenvalue weighted by molar-refractivity contribution is -0.145. The molecule has 0 spiro atoms. The Kier molecular flexibility index (Phi) is 5.86. The van der Waals surface area contributed by atoms with E-state index in [9.17, 15) is 18.8 Å². The molecule has 0 bridgehead atoms. The van der Waals surface area contributed by atoms with E-state index >= 15 is 0 Å². The lowest BCUT2D eigenvalue weighted by atomic mass is 9.86. The number of benzene rings is 1. The molecule has 1 amide bonds. The first kappa shape index (κ1) is 21.2. The number of aryl methyl sites for hydroxylation is 2. The maximum Gasteiger partial charge on any atom is 0.313 e. The third kappa shape index (κ3) is 4.10. The Bertz CT molecular complexity index is 1220. The van der Waals surface area contributed by atoms with Crippen LogP contribution in [0.5, 0.6) is 0 Å². The zero-order valence-electron chi connectivity index (χ0n) is 17.2. The van der Waals surface area contributed by atoms with Gasteiger partial charge in [0, 0.05) is 10.6 Å². The fraction of sp³-hybridized carbons (Fsp3) is 0.364. The van der Waals surface area contributed by atoms with Gasteiger partial charge in [0.25, 0.3) is 5.56 Å². The van der Waals surface area contributed by atoms with E-state index in [1.165, 1.54) is 40.2 Å². The molecule has 31 heavy (non-hydrogen) atoms. The van der Waals surface area contributed by atoms with Gasteiger partial charge in [-0.05, 0) is 62.9 Å². The highest BCUT2D eigenvalue weighted by Gasteiger charge is 2.33. The van der Waals surface area contributed by atoms with Crippen LogP contribution in [-0.4, -0.2) is 28.0 Å². The van der Waals surface area contributed by atoms with Gasteiger partial charge < -0.3 is 10.1 Å². The van der Waals surface area contributed by atoms with Gasteiger partial charge in [-0.15, -0.1) is 11.3 Å². The zero-order valence-corrected chi connectivity index (χ0v) is 18.1. The summed E-state index contributed by atoms with van der Waals surface area (Å²) in [7, 11) is 0. The second-order valence-electron chi connectivity index (χ2n) is 7.42. The summed E-state index contributed by atoms with van der Waals surface area (Å²) in [5.41, 5.74) is 0.793. The van der Waals surface area contributed by atoms with Crippen LogP contribution < -0.4 is 10.9 Å². The summed E-state index contributed by atoms with van der Waals surface area (Å²) in [5, 5.41) is 3.06. The van der Waals surface area contributed by atoms with Crippen molar-refractivity contribution in [3.8, 4) is 0 Å². The van der Waals surface area contributed by atoms with Crippen molar-refractivity contribution in [1.29, 1.82) is 0 Å². The summed E-state index contributed by atoms with van der Waals surface area (Å²) in [4.78, 5) is 44.6. The molecule has 1 N–H and O–H groups in total. The molecule has 0 aliphatic heterocycles. The highest BCUT2D eigenvalue weighted by Crippen LogP contribution is 2.41. The molecule has 0 saturated heterocycles. The van der Waals surface area contributed by atoms with E-state index in [0.717, 1.165) is 17.7 Å². The first-order valence-electron chi connectivity index (χ1n) is 10.1. The maximum atomic E-state index is 13.4. The van der Waals surface area contributed by atoms with Gasteiger partial charge in [0.1, 0.15) is 23.0 Å². The van der Waals surface area contributed by atoms with E-state index in [0.29, 0.717) is 33.7 Å². The Morgan fingerprint density at radius 2 is 2.06 bits per heavy atom. The molecule has 0 radical (unpaired) electrons. The standard InChI is InChI=1S/C22H22FN3O4S/c1-3-30-22(29)15-5-4-6-16-18(15)19-20(31-16)24-12(2)26(21(19)28)11-17(27)25-14-9-7-13(23)8-10-14/h7-10,15H,3-6,11H2,1-2H3,(H,25,27). The normalized spacial score (nSPS) is 15.5. The molecule has 4 rings (SSSR count). The third-order valence-electron chi connectivity index (χ3n) is 5.36. The second kappa shape index (κ2) is 8.58. The average Bonchev–Trinajstić information content (AvgIpc) is 3.11. The number of fused-ring (bicyclic) bond motifs is 3. The van der Waals surface area contributed by atoms with Gasteiger partial charge in [-0.2, -0.15) is 0 Å². The van der Waals surface area contributed by atoms with Crippen molar-refractivity contribution >= 4 is 39.1 Å². The molecule has 2 heterocycles. The van der Waals surface area contributed by atoms with Crippen LogP contribution in [-0.2, 0) is 27.3 Å². The minimum atomic E-state index is -0.490. The quantitative estimate of drug-likeness (QED) is 0.610. The van der Waals surface area contributed by atoms with Crippen LogP contribution in [0.3, 0.4) is 0 Å². The summed E-state index contributed by atoms with van der Waals surface area (Å²) in [6.07, 6.45) is 2.25. The molecule has 7 nitrogen and oxygen atoms in total. The van der Waals surface area contributed by atoms with Crippen LogP contribution in [0, 0.1) is 12.7 Å². The van der Waals surface area contributed by atoms with E-state index in [1.807, 2.05) is 0 Å². The minimum absolute atomic E-state index is 0.236. The molecule has 9 heteroatoms. The van der Waals surface area contributed by atoms with Gasteiger partial charge in [-0.1, -0.05) is 0 Å². The number of ether oxygens (including phenoxy) is 1. The van der Waals surface area contributed by atoms with Crippen LogP contribution in [0.15, 0.2) is 29.1 Å². The number of thiophene rings is 1. The first-order chi connectivity index (χ1) is 14.9. The van der Waals surface area contributed by atoms with Crippen LogP contribution in [0.1, 0.15) is 41.9 Å². The number of rotatable bonds is 5. The molecule has 162 valence electrons. The summed E-state index contributed by atoms with van der Waals surface area (Å²) in [6.45, 7) is 3.47. The predicted molar refractivity (Wildman–Crippen MR) is 116 cm³/mol. The van der Waals surface area contributed by atoms with Crippen LogP contribution in [0.2, 0.25) is 0 Å². The molecule has 1 aromatic carbocycles. The molecule has 1 aliphatic rings. The summed E-state index contributed by atoms with van der Waals surface area (Å²) < 4.78 is 19.6. The molecule has 0 fully saturated rings. The van der Waals surface area contributed by atoms with Crippen molar-refractivity contribution in [2.45, 2.75) is 45.6 Å². The number of anilines is 1. The fourth-order valence-corrected chi connectivity index (χ4v) is 5.27. The largest absolute Gasteiger partial charge is 0.466 e. The van der Waals surface area contributed by atoms with Gasteiger partial charge in [0.2, 0.25) is 5.91 Å². The Balaban J connectivity index is 1.71. The zero-order chi connectivity index (χ0) is 22.1. The van der Waals surface area contributed by atoms with E-state index in [4.69, 9.17) is 4.74 Å². The summed E-state index contributed by atoms with van der Waals surface area (Å²) in [5.74, 6) is -1.24. The Morgan fingerprint density at radius 3 is 2.77 bits per heavy atom. The lowest BCUT2D eigenvalue weighted by Gasteiger charge is -2.21. The Labute approximate surface area is 181 Å². The number of esters is 1. The number of carbonyl (C=O) groups is 2. The lowest BCUT2D eigenvalue weighted by Crippen LogP contribution is -2.31. The molecular weight excluding hydrogens is 421 g/mol. The highest BCUT2D eigenvalue weighted by atomic mass is 32.1. The van der Waals surface area contributed by atoms with Crippen molar-refractivity contribution in [3.63, 3.8) is 0 Å². The van der Waals surface area contributed by atoms with E-state index in [-0.39, 0.29) is 24.7 Å². The maximum absolute atomic E-state index is 13.4.